The zero-order valence-electron chi connectivity index (χ0n) is 36.7. The van der Waals surface area contributed by atoms with E-state index in [-0.39, 0.29) is 0 Å². The number of fused-ring (bicyclic) bond motifs is 3. The average Bonchev–Trinajstić information content (AvgIpc) is 3.68. The molecule has 0 aliphatic carbocycles. The molecule has 0 saturated carbocycles. The van der Waals surface area contributed by atoms with E-state index in [0.29, 0.717) is 0 Å². The molecule has 1 aromatic heterocycles. The number of para-hydroxylation sites is 4. The van der Waals surface area contributed by atoms with Gasteiger partial charge in [0.25, 0.3) is 0 Å². The van der Waals surface area contributed by atoms with Crippen molar-refractivity contribution in [2.45, 2.75) is 41.0 Å². The molecule has 2 nitrogen and oxygen atoms in total. The second-order valence-electron chi connectivity index (χ2n) is 14.8. The van der Waals surface area contributed by atoms with Crippen molar-refractivity contribution in [3.8, 4) is 39.1 Å². The Hall–Kier alpha value is -7.42. The van der Waals surface area contributed by atoms with E-state index in [0.717, 1.165) is 34.7 Å². The Bertz CT molecular complexity index is 2860. The quantitative estimate of drug-likeness (QED) is 0.0987. The molecule has 0 unspecified atom stereocenters. The maximum Gasteiger partial charge on any atom is 0.0541 e. The van der Waals surface area contributed by atoms with Crippen LogP contribution in [0, 0.1) is 0 Å². The molecule has 8 aromatic carbocycles. The molecule has 0 aliphatic heterocycles. The van der Waals surface area contributed by atoms with Crippen LogP contribution in [0.15, 0.2) is 231 Å². The van der Waals surface area contributed by atoms with E-state index in [1.807, 2.05) is 32.9 Å². The second-order valence-corrected chi connectivity index (χ2v) is 14.8. The Morgan fingerprint density at radius 2 is 0.984 bits per heavy atom. The highest BCUT2D eigenvalue weighted by Crippen LogP contribution is 2.43. The minimum Gasteiger partial charge on any atom is -0.310 e. The van der Waals surface area contributed by atoms with Crippen molar-refractivity contribution in [2.24, 2.45) is 0 Å². The van der Waals surface area contributed by atoms with Gasteiger partial charge in [0.15, 0.2) is 0 Å². The summed E-state index contributed by atoms with van der Waals surface area (Å²) in [5.41, 5.74) is 16.3. The summed E-state index contributed by atoms with van der Waals surface area (Å²) in [5, 5.41) is 2.52. The van der Waals surface area contributed by atoms with Crippen LogP contribution in [0.4, 0.5) is 17.1 Å². The molecule has 0 saturated heterocycles. The fourth-order valence-electron chi connectivity index (χ4n) is 8.08. The standard InChI is InChI=1S/C53H40N2.C5H10.C2H6/c1-3-15-38(2)39-26-28-40(29-27-39)41-30-34-44(35-31-41)54(50-22-11-7-18-46(50)42-16-5-4-6-17-42)45-36-32-43(33-37-45)47-19-8-12-23-51(47)55-52-24-13-9-20-48(52)49-21-10-14-25-53(49)55;1-3-5-4-2;1-2/h3-37H,1H2,2H3;3,5H,4H2,1-2H3;1-2H3/b38-15+;5-3-;. The zero-order valence-corrected chi connectivity index (χ0v) is 36.7. The SMILES string of the molecule is C/C=C\CC.C=C/C=C(\C)c1ccc(-c2ccc(N(c3ccc(-c4ccccc4-n4c5ccccc5c5ccccc54)cc3)c3ccccc3-c3ccccc3)cc2)cc1.CC. The summed E-state index contributed by atoms with van der Waals surface area (Å²) >= 11 is 0. The first-order valence-electron chi connectivity index (χ1n) is 21.8. The number of nitrogens with zero attached hydrogens (tertiary/aromatic N) is 2. The van der Waals surface area contributed by atoms with E-state index in [4.69, 9.17) is 0 Å². The number of rotatable bonds is 10. The lowest BCUT2D eigenvalue weighted by atomic mass is 9.99. The molecule has 0 radical (unpaired) electrons. The van der Waals surface area contributed by atoms with Gasteiger partial charge in [0, 0.05) is 33.3 Å². The summed E-state index contributed by atoms with van der Waals surface area (Å²) in [7, 11) is 0. The molecule has 0 amide bonds. The molecular weight excluding hydrogens is 749 g/mol. The fraction of sp³-hybridized carbons (Fsp3) is 0.100. The first kappa shape index (κ1) is 42.7. The Morgan fingerprint density at radius 1 is 0.516 bits per heavy atom. The molecule has 9 rings (SSSR count). The van der Waals surface area contributed by atoms with E-state index in [1.54, 1.807) is 0 Å². The van der Waals surface area contributed by atoms with Gasteiger partial charge in [0.2, 0.25) is 0 Å². The molecule has 1 heterocycles. The normalized spacial score (nSPS) is 11.1. The van der Waals surface area contributed by atoms with Crippen molar-refractivity contribution in [2.75, 3.05) is 4.90 Å². The van der Waals surface area contributed by atoms with Crippen LogP contribution in [0.1, 0.15) is 46.6 Å². The number of benzene rings is 8. The molecule has 0 aliphatic rings. The highest BCUT2D eigenvalue weighted by Gasteiger charge is 2.19. The highest BCUT2D eigenvalue weighted by molar-refractivity contribution is 6.09. The van der Waals surface area contributed by atoms with Gasteiger partial charge >= 0.3 is 0 Å². The fourth-order valence-corrected chi connectivity index (χ4v) is 8.08. The highest BCUT2D eigenvalue weighted by atomic mass is 15.1. The Labute approximate surface area is 369 Å². The number of allylic oxidation sites excluding steroid dienone is 5. The topological polar surface area (TPSA) is 8.17 Å². The number of hydrogen-bond donors (Lipinski definition) is 0. The van der Waals surface area contributed by atoms with Crippen LogP contribution in [0.5, 0.6) is 0 Å². The van der Waals surface area contributed by atoms with Crippen molar-refractivity contribution in [1.82, 2.24) is 4.57 Å². The average molecular weight is 805 g/mol. The van der Waals surface area contributed by atoms with E-state index >= 15 is 0 Å². The molecule has 0 N–H and O–H groups in total. The van der Waals surface area contributed by atoms with Gasteiger partial charge < -0.3 is 9.47 Å². The summed E-state index contributed by atoms with van der Waals surface area (Å²) in [4.78, 5) is 2.38. The lowest BCUT2D eigenvalue weighted by Gasteiger charge is -2.28. The lowest BCUT2D eigenvalue weighted by Crippen LogP contribution is -2.11. The van der Waals surface area contributed by atoms with Gasteiger partial charge in [-0.2, -0.15) is 0 Å². The first-order valence-corrected chi connectivity index (χ1v) is 21.8. The number of aromatic nitrogens is 1. The van der Waals surface area contributed by atoms with Crippen molar-refractivity contribution in [1.29, 1.82) is 0 Å². The summed E-state index contributed by atoms with van der Waals surface area (Å²) in [6.45, 7) is 14.1. The summed E-state index contributed by atoms with van der Waals surface area (Å²) in [6, 6.07) is 72.2. The van der Waals surface area contributed by atoms with Gasteiger partial charge in [-0.25, -0.2) is 0 Å². The molecule has 0 bridgehead atoms. The maximum absolute atomic E-state index is 3.85. The second kappa shape index (κ2) is 20.7. The smallest absolute Gasteiger partial charge is 0.0541 e. The van der Waals surface area contributed by atoms with E-state index in [9.17, 15) is 0 Å². The molecule has 9 aromatic rings. The van der Waals surface area contributed by atoms with Crippen LogP contribution in [-0.4, -0.2) is 4.57 Å². The van der Waals surface area contributed by atoms with Crippen LogP contribution >= 0.6 is 0 Å². The third-order valence-electron chi connectivity index (χ3n) is 11.0. The van der Waals surface area contributed by atoms with Crippen LogP contribution in [-0.2, 0) is 0 Å². The minimum absolute atomic E-state index is 1.09. The molecular formula is C60H56N2. The predicted molar refractivity (Wildman–Crippen MR) is 272 cm³/mol. The van der Waals surface area contributed by atoms with Gasteiger partial charge in [0.1, 0.15) is 0 Å². The third kappa shape index (κ3) is 9.16. The van der Waals surface area contributed by atoms with Crippen molar-refractivity contribution in [3.05, 3.63) is 237 Å². The minimum atomic E-state index is 1.09. The van der Waals surface area contributed by atoms with Crippen molar-refractivity contribution >= 4 is 44.4 Å². The van der Waals surface area contributed by atoms with Crippen molar-refractivity contribution in [3.63, 3.8) is 0 Å². The van der Waals surface area contributed by atoms with Crippen LogP contribution < -0.4 is 4.90 Å². The molecule has 306 valence electrons. The monoisotopic (exact) mass is 804 g/mol. The summed E-state index contributed by atoms with van der Waals surface area (Å²) in [5.74, 6) is 0. The molecule has 0 atom stereocenters. The Kier molecular flexibility index (Phi) is 14.3. The largest absolute Gasteiger partial charge is 0.310 e. The Morgan fingerprint density at radius 3 is 1.53 bits per heavy atom. The molecule has 2 heteroatoms. The van der Waals surface area contributed by atoms with E-state index < -0.39 is 0 Å². The van der Waals surface area contributed by atoms with Crippen molar-refractivity contribution < 1.29 is 0 Å². The zero-order chi connectivity index (χ0) is 43.3. The number of anilines is 3. The van der Waals surface area contributed by atoms with Crippen LogP contribution in [0.3, 0.4) is 0 Å². The summed E-state index contributed by atoms with van der Waals surface area (Å²) in [6.07, 6.45) is 9.22. The Balaban J connectivity index is 0.000000772. The van der Waals surface area contributed by atoms with Crippen LogP contribution in [0.2, 0.25) is 0 Å². The lowest BCUT2D eigenvalue weighted by molar-refractivity contribution is 1.18. The maximum atomic E-state index is 3.85. The van der Waals surface area contributed by atoms with E-state index in [2.05, 4.69) is 242 Å². The molecule has 0 fully saturated rings. The van der Waals surface area contributed by atoms with Gasteiger partial charge in [0.05, 0.1) is 22.4 Å². The number of hydrogen-bond acceptors (Lipinski definition) is 1. The van der Waals surface area contributed by atoms with Gasteiger partial charge in [-0.3, -0.25) is 0 Å². The first-order chi connectivity index (χ1) is 30.6. The predicted octanol–water partition coefficient (Wildman–Crippen LogP) is 17.8. The van der Waals surface area contributed by atoms with Gasteiger partial charge in [-0.1, -0.05) is 203 Å². The third-order valence-corrected chi connectivity index (χ3v) is 11.0. The summed E-state index contributed by atoms with van der Waals surface area (Å²) < 4.78 is 2.41. The molecule has 0 spiro atoms. The van der Waals surface area contributed by atoms with Gasteiger partial charge in [-0.15, -0.1) is 0 Å². The van der Waals surface area contributed by atoms with E-state index in [1.165, 1.54) is 60.8 Å². The van der Waals surface area contributed by atoms with Crippen LogP contribution in [0.25, 0.3) is 66.4 Å². The molecule has 62 heavy (non-hydrogen) atoms. The van der Waals surface area contributed by atoms with Gasteiger partial charge in [-0.05, 0) is 102 Å².